The van der Waals surface area contributed by atoms with E-state index in [1.165, 1.54) is 21.7 Å². The summed E-state index contributed by atoms with van der Waals surface area (Å²) in [6.07, 6.45) is 0.892. The van der Waals surface area contributed by atoms with Crippen LogP contribution in [-0.2, 0) is 26.1 Å². The van der Waals surface area contributed by atoms with Gasteiger partial charge in [0.25, 0.3) is 15.9 Å². The van der Waals surface area contributed by atoms with Crippen molar-refractivity contribution in [2.24, 2.45) is 10.9 Å². The minimum Gasteiger partial charge on any atom is -0.383 e. The summed E-state index contributed by atoms with van der Waals surface area (Å²) in [5.74, 6) is -0.495. The minimum atomic E-state index is -3.58. The van der Waals surface area contributed by atoms with Crippen molar-refractivity contribution in [2.45, 2.75) is 37.4 Å². The standard InChI is InChI=1S/C22H26ClN3O4S3/c1-14-12-15(2)20-17(13-14)26(10-11-30-3)22(32-20)24-21(27)16-6-8-25(9-7-16)33(28,29)19-5-4-18(23)31-19/h4-5,12-13,16H,6-11H2,1-3H3. The van der Waals surface area contributed by atoms with E-state index >= 15 is 0 Å². The van der Waals surface area contributed by atoms with Gasteiger partial charge in [-0.2, -0.15) is 9.30 Å². The molecule has 1 amide bonds. The van der Waals surface area contributed by atoms with Gasteiger partial charge in [0.05, 0.1) is 21.2 Å². The molecule has 1 aliphatic heterocycles. The minimum absolute atomic E-state index is 0.196. The van der Waals surface area contributed by atoms with Crippen LogP contribution >= 0.6 is 34.3 Å². The molecule has 0 aliphatic carbocycles. The van der Waals surface area contributed by atoms with Gasteiger partial charge in [-0.1, -0.05) is 29.0 Å². The Morgan fingerprint density at radius 1 is 1.21 bits per heavy atom. The molecule has 178 valence electrons. The van der Waals surface area contributed by atoms with Gasteiger partial charge in [0.1, 0.15) is 4.21 Å². The summed E-state index contributed by atoms with van der Waals surface area (Å²) in [4.78, 5) is 18.2. The molecule has 0 bridgehead atoms. The van der Waals surface area contributed by atoms with E-state index in [4.69, 9.17) is 16.3 Å². The van der Waals surface area contributed by atoms with Crippen LogP contribution < -0.4 is 4.80 Å². The van der Waals surface area contributed by atoms with Gasteiger partial charge in [0.2, 0.25) is 0 Å². The van der Waals surface area contributed by atoms with Crippen molar-refractivity contribution >= 4 is 60.4 Å². The number of nitrogens with zero attached hydrogens (tertiary/aromatic N) is 3. The van der Waals surface area contributed by atoms with Gasteiger partial charge < -0.3 is 9.30 Å². The first-order chi connectivity index (χ1) is 15.7. The Morgan fingerprint density at radius 3 is 2.58 bits per heavy atom. The summed E-state index contributed by atoms with van der Waals surface area (Å²) in [5.41, 5.74) is 3.36. The van der Waals surface area contributed by atoms with Crippen LogP contribution in [0.3, 0.4) is 0 Å². The summed E-state index contributed by atoms with van der Waals surface area (Å²) in [6, 6.07) is 7.35. The molecule has 0 radical (unpaired) electrons. The van der Waals surface area contributed by atoms with Gasteiger partial charge in [0, 0.05) is 32.7 Å². The molecule has 4 rings (SSSR count). The zero-order chi connectivity index (χ0) is 23.8. The number of rotatable bonds is 6. The zero-order valence-corrected chi connectivity index (χ0v) is 21.9. The number of halogens is 1. The predicted molar refractivity (Wildman–Crippen MR) is 133 cm³/mol. The second-order valence-electron chi connectivity index (χ2n) is 8.15. The molecule has 1 aliphatic rings. The number of sulfonamides is 1. The van der Waals surface area contributed by atoms with E-state index in [9.17, 15) is 13.2 Å². The average molecular weight is 528 g/mol. The van der Waals surface area contributed by atoms with Crippen molar-refractivity contribution in [3.8, 4) is 0 Å². The Bertz CT molecular complexity index is 1350. The molecule has 33 heavy (non-hydrogen) atoms. The summed E-state index contributed by atoms with van der Waals surface area (Å²) in [7, 11) is -1.93. The fourth-order valence-electron chi connectivity index (χ4n) is 4.09. The SMILES string of the molecule is COCCn1c(=NC(=O)C2CCN(S(=O)(=O)c3ccc(Cl)s3)CC2)sc2c(C)cc(C)cc21. The monoisotopic (exact) mass is 527 g/mol. The molecular formula is C22H26ClN3O4S3. The summed E-state index contributed by atoms with van der Waals surface area (Å²) in [5, 5.41) is 0. The third-order valence-corrected chi connectivity index (χ3v) is 10.6. The maximum Gasteiger partial charge on any atom is 0.252 e. The number of hydrogen-bond donors (Lipinski definition) is 0. The van der Waals surface area contributed by atoms with Crippen molar-refractivity contribution in [1.82, 2.24) is 8.87 Å². The number of thiazole rings is 1. The second kappa shape index (κ2) is 9.97. The van der Waals surface area contributed by atoms with Crippen molar-refractivity contribution in [3.63, 3.8) is 0 Å². The van der Waals surface area contributed by atoms with Crippen LogP contribution in [0.25, 0.3) is 10.2 Å². The van der Waals surface area contributed by atoms with Crippen LogP contribution in [0.15, 0.2) is 33.5 Å². The molecule has 0 N–H and O–H groups in total. The van der Waals surface area contributed by atoms with E-state index in [1.54, 1.807) is 13.2 Å². The maximum absolute atomic E-state index is 13.1. The molecule has 2 aromatic heterocycles. The molecule has 1 fully saturated rings. The molecule has 3 heterocycles. The largest absolute Gasteiger partial charge is 0.383 e. The topological polar surface area (TPSA) is 81.0 Å². The molecule has 3 aromatic rings. The third-order valence-electron chi connectivity index (χ3n) is 5.79. The van der Waals surface area contributed by atoms with Crippen molar-refractivity contribution < 1.29 is 17.9 Å². The first-order valence-electron chi connectivity index (χ1n) is 10.6. The van der Waals surface area contributed by atoms with Crippen molar-refractivity contribution in [1.29, 1.82) is 0 Å². The van der Waals surface area contributed by atoms with Gasteiger partial charge in [-0.25, -0.2) is 8.42 Å². The van der Waals surface area contributed by atoms with E-state index in [0.717, 1.165) is 32.7 Å². The lowest BCUT2D eigenvalue weighted by atomic mass is 9.98. The number of ether oxygens (including phenoxy) is 1. The fraction of sp³-hybridized carbons (Fsp3) is 0.455. The molecule has 11 heteroatoms. The van der Waals surface area contributed by atoms with Gasteiger partial charge in [-0.3, -0.25) is 4.79 Å². The third kappa shape index (κ3) is 5.11. The number of piperidine rings is 1. The molecule has 0 spiro atoms. The lowest BCUT2D eigenvalue weighted by Crippen LogP contribution is -2.40. The predicted octanol–water partition coefficient (Wildman–Crippen LogP) is 4.21. The molecule has 0 unspecified atom stereocenters. The number of benzene rings is 1. The number of carbonyl (C=O) groups excluding carboxylic acids is 1. The highest BCUT2D eigenvalue weighted by Gasteiger charge is 2.33. The summed E-state index contributed by atoms with van der Waals surface area (Å²) in [6.45, 7) is 5.82. The van der Waals surface area contributed by atoms with Crippen LogP contribution in [-0.4, -0.2) is 50.0 Å². The molecule has 1 saturated heterocycles. The highest BCUT2D eigenvalue weighted by atomic mass is 35.5. The number of amides is 1. The first-order valence-corrected chi connectivity index (χ1v) is 14.1. The van der Waals surface area contributed by atoms with Crippen molar-refractivity contribution in [3.05, 3.63) is 44.5 Å². The first kappa shape index (κ1) is 24.6. The fourth-order valence-corrected chi connectivity index (χ4v) is 8.31. The normalized spacial score (nSPS) is 16.7. The van der Waals surface area contributed by atoms with Crippen LogP contribution in [0.2, 0.25) is 4.34 Å². The van der Waals surface area contributed by atoms with E-state index in [-0.39, 0.29) is 29.1 Å². The summed E-state index contributed by atoms with van der Waals surface area (Å²) >= 11 is 8.47. The van der Waals surface area contributed by atoms with E-state index in [2.05, 4.69) is 31.0 Å². The molecule has 7 nitrogen and oxygen atoms in total. The Hall–Kier alpha value is -1.56. The highest BCUT2D eigenvalue weighted by molar-refractivity contribution is 7.91. The number of carbonyl (C=O) groups is 1. The number of thiophene rings is 1. The lowest BCUT2D eigenvalue weighted by Gasteiger charge is -2.29. The van der Waals surface area contributed by atoms with Gasteiger partial charge >= 0.3 is 0 Å². The van der Waals surface area contributed by atoms with Crippen LogP contribution in [0.4, 0.5) is 0 Å². The number of methoxy groups -OCH3 is 1. The maximum atomic E-state index is 13.1. The van der Waals surface area contributed by atoms with Crippen molar-refractivity contribution in [2.75, 3.05) is 26.8 Å². The van der Waals surface area contributed by atoms with Crippen LogP contribution in [0.1, 0.15) is 24.0 Å². The van der Waals surface area contributed by atoms with Gasteiger partial charge in [-0.05, 0) is 56.0 Å². The Kier molecular flexibility index (Phi) is 7.42. The second-order valence-corrected chi connectivity index (χ2v) is 13.0. The Labute approximate surface area is 206 Å². The molecule has 0 saturated carbocycles. The molecule has 0 atom stereocenters. The van der Waals surface area contributed by atoms with Gasteiger partial charge in [0.15, 0.2) is 4.80 Å². The van der Waals surface area contributed by atoms with Gasteiger partial charge in [-0.15, -0.1) is 11.3 Å². The Morgan fingerprint density at radius 2 is 1.94 bits per heavy atom. The molecular weight excluding hydrogens is 502 g/mol. The smallest absolute Gasteiger partial charge is 0.252 e. The quantitative estimate of drug-likeness (QED) is 0.481. The lowest BCUT2D eigenvalue weighted by molar-refractivity contribution is -0.122. The van der Waals surface area contributed by atoms with E-state index in [1.807, 2.05) is 4.57 Å². The Balaban J connectivity index is 1.56. The van der Waals surface area contributed by atoms with E-state index in [0.29, 0.717) is 35.1 Å². The van der Waals surface area contributed by atoms with Crippen LogP contribution in [0.5, 0.6) is 0 Å². The zero-order valence-electron chi connectivity index (χ0n) is 18.7. The number of hydrogen-bond acceptors (Lipinski definition) is 6. The number of aromatic nitrogens is 1. The molecule has 1 aromatic carbocycles. The van der Waals surface area contributed by atoms with E-state index < -0.39 is 10.0 Å². The number of aryl methyl sites for hydroxylation is 2. The number of fused-ring (bicyclic) bond motifs is 1. The average Bonchev–Trinajstić information content (AvgIpc) is 3.36. The summed E-state index contributed by atoms with van der Waals surface area (Å²) < 4.78 is 36.2. The highest BCUT2D eigenvalue weighted by Crippen LogP contribution is 2.31. The van der Waals surface area contributed by atoms with Crippen LogP contribution in [0, 0.1) is 19.8 Å².